The third-order valence-electron chi connectivity index (χ3n) is 4.88. The molecule has 1 aromatic heterocycles. The molecule has 1 fully saturated rings. The molecule has 144 valence electrons. The minimum atomic E-state index is -0.408. The minimum Gasteiger partial charge on any atom is -0.366 e. The maximum absolute atomic E-state index is 11.2. The van der Waals surface area contributed by atoms with E-state index in [0.717, 1.165) is 41.2 Å². The molecule has 0 aliphatic carbocycles. The van der Waals surface area contributed by atoms with E-state index in [1.165, 1.54) is 19.3 Å². The Balaban J connectivity index is 1.59. The van der Waals surface area contributed by atoms with Gasteiger partial charge in [-0.05, 0) is 49.1 Å². The fourth-order valence-electron chi connectivity index (χ4n) is 3.37. The van der Waals surface area contributed by atoms with Crippen LogP contribution in [0, 0.1) is 0 Å². The summed E-state index contributed by atoms with van der Waals surface area (Å²) in [5, 5.41) is 9.88. The number of nitrogens with zero attached hydrogens (tertiary/aromatic N) is 4. The van der Waals surface area contributed by atoms with Crippen molar-refractivity contribution in [2.45, 2.75) is 30.2 Å². The van der Waals surface area contributed by atoms with Gasteiger partial charge in [0.05, 0.1) is 5.69 Å². The highest BCUT2D eigenvalue weighted by molar-refractivity contribution is 7.98. The summed E-state index contributed by atoms with van der Waals surface area (Å²) in [6.07, 6.45) is 3.66. The Bertz CT molecular complexity index is 933. The van der Waals surface area contributed by atoms with Crippen molar-refractivity contribution in [1.29, 1.82) is 0 Å². The molecule has 1 aliphatic heterocycles. The van der Waals surface area contributed by atoms with Crippen LogP contribution in [0.2, 0.25) is 0 Å². The van der Waals surface area contributed by atoms with Crippen LogP contribution in [-0.4, -0.2) is 33.8 Å². The highest BCUT2D eigenvalue weighted by atomic mass is 32.2. The van der Waals surface area contributed by atoms with Crippen molar-refractivity contribution in [2.75, 3.05) is 18.0 Å². The zero-order chi connectivity index (χ0) is 19.3. The molecule has 28 heavy (non-hydrogen) atoms. The van der Waals surface area contributed by atoms with Crippen LogP contribution >= 0.6 is 11.8 Å². The van der Waals surface area contributed by atoms with Gasteiger partial charge in [-0.25, -0.2) is 0 Å². The fourth-order valence-corrected chi connectivity index (χ4v) is 4.27. The molecule has 1 saturated heterocycles. The van der Waals surface area contributed by atoms with E-state index < -0.39 is 5.91 Å². The molecule has 0 bridgehead atoms. The molecule has 1 amide bonds. The van der Waals surface area contributed by atoms with Crippen molar-refractivity contribution in [3.8, 4) is 5.69 Å². The van der Waals surface area contributed by atoms with E-state index in [-0.39, 0.29) is 0 Å². The second-order valence-corrected chi connectivity index (χ2v) is 7.79. The number of primary amides is 1. The zero-order valence-electron chi connectivity index (χ0n) is 15.6. The second kappa shape index (κ2) is 8.48. The zero-order valence-corrected chi connectivity index (χ0v) is 16.4. The SMILES string of the molecule is NC(=O)c1ccc(CSc2nnc(N3CCCCC3)n2-c2ccccc2)cc1. The van der Waals surface area contributed by atoms with Crippen molar-refractivity contribution < 1.29 is 4.79 Å². The Labute approximate surface area is 168 Å². The van der Waals surface area contributed by atoms with Gasteiger partial charge < -0.3 is 10.6 Å². The average Bonchev–Trinajstić information content (AvgIpc) is 3.18. The van der Waals surface area contributed by atoms with E-state index in [9.17, 15) is 4.79 Å². The molecule has 7 heteroatoms. The number of hydrogen-bond acceptors (Lipinski definition) is 5. The third-order valence-corrected chi connectivity index (χ3v) is 5.88. The number of thioether (sulfide) groups is 1. The number of carbonyl (C=O) groups is 1. The summed E-state index contributed by atoms with van der Waals surface area (Å²) >= 11 is 1.64. The predicted octanol–water partition coefficient (Wildman–Crippen LogP) is 3.65. The van der Waals surface area contributed by atoms with Gasteiger partial charge in [0.1, 0.15) is 0 Å². The maximum atomic E-state index is 11.2. The lowest BCUT2D eigenvalue weighted by molar-refractivity contribution is 0.100. The summed E-state index contributed by atoms with van der Waals surface area (Å²) < 4.78 is 2.15. The molecule has 3 aromatic rings. The number of piperidine rings is 1. The Morgan fingerprint density at radius 3 is 2.36 bits per heavy atom. The van der Waals surface area contributed by atoms with Gasteiger partial charge in [-0.15, -0.1) is 10.2 Å². The summed E-state index contributed by atoms with van der Waals surface area (Å²) in [4.78, 5) is 13.6. The second-order valence-electron chi connectivity index (χ2n) is 6.85. The molecular formula is C21H23N5OS. The van der Waals surface area contributed by atoms with Gasteiger partial charge in [-0.2, -0.15) is 0 Å². The lowest BCUT2D eigenvalue weighted by Crippen LogP contribution is -2.31. The lowest BCUT2D eigenvalue weighted by Gasteiger charge is -2.27. The molecule has 0 radical (unpaired) electrons. The van der Waals surface area contributed by atoms with E-state index in [0.29, 0.717) is 5.56 Å². The molecule has 0 saturated carbocycles. The summed E-state index contributed by atoms with van der Waals surface area (Å²) in [6, 6.07) is 17.6. The Hall–Kier alpha value is -2.80. The summed E-state index contributed by atoms with van der Waals surface area (Å²) in [7, 11) is 0. The lowest BCUT2D eigenvalue weighted by atomic mass is 10.1. The molecule has 2 N–H and O–H groups in total. The Morgan fingerprint density at radius 2 is 1.68 bits per heavy atom. The molecule has 1 aliphatic rings. The standard InChI is InChI=1S/C21H23N5OS/c22-19(27)17-11-9-16(10-12-17)15-28-21-24-23-20(25-13-5-2-6-14-25)26(21)18-7-3-1-4-8-18/h1,3-4,7-12H,2,5-6,13-15H2,(H2,22,27). The number of anilines is 1. The van der Waals surface area contributed by atoms with Crippen molar-refractivity contribution in [3.05, 3.63) is 65.7 Å². The Morgan fingerprint density at radius 1 is 0.964 bits per heavy atom. The van der Waals surface area contributed by atoms with Crippen LogP contribution in [0.3, 0.4) is 0 Å². The number of benzene rings is 2. The number of carbonyl (C=O) groups excluding carboxylic acids is 1. The summed E-state index contributed by atoms with van der Waals surface area (Å²) in [6.45, 7) is 2.04. The van der Waals surface area contributed by atoms with E-state index in [1.54, 1.807) is 23.9 Å². The van der Waals surface area contributed by atoms with Crippen LogP contribution in [0.25, 0.3) is 5.69 Å². The quantitative estimate of drug-likeness (QED) is 0.647. The molecule has 4 rings (SSSR count). The third kappa shape index (κ3) is 4.04. The van der Waals surface area contributed by atoms with Crippen molar-refractivity contribution in [3.63, 3.8) is 0 Å². The fraction of sp³-hybridized carbons (Fsp3) is 0.286. The average molecular weight is 394 g/mol. The van der Waals surface area contributed by atoms with E-state index in [2.05, 4.69) is 31.8 Å². The van der Waals surface area contributed by atoms with Crippen molar-refractivity contribution in [1.82, 2.24) is 14.8 Å². The largest absolute Gasteiger partial charge is 0.366 e. The number of para-hydroxylation sites is 1. The van der Waals surface area contributed by atoms with Crippen molar-refractivity contribution >= 4 is 23.6 Å². The molecule has 0 atom stereocenters. The van der Waals surface area contributed by atoms with Crippen LogP contribution in [0.5, 0.6) is 0 Å². The molecule has 6 nitrogen and oxygen atoms in total. The first-order chi connectivity index (χ1) is 13.7. The van der Waals surface area contributed by atoms with Gasteiger partial charge in [0.2, 0.25) is 11.9 Å². The van der Waals surface area contributed by atoms with E-state index >= 15 is 0 Å². The predicted molar refractivity (Wildman–Crippen MR) is 112 cm³/mol. The number of nitrogens with two attached hydrogens (primary N) is 1. The molecule has 0 spiro atoms. The first-order valence-corrected chi connectivity index (χ1v) is 10.5. The number of hydrogen-bond donors (Lipinski definition) is 1. The highest BCUT2D eigenvalue weighted by Crippen LogP contribution is 2.30. The van der Waals surface area contributed by atoms with Crippen molar-refractivity contribution in [2.24, 2.45) is 5.73 Å². The molecular weight excluding hydrogens is 370 g/mol. The normalized spacial score (nSPS) is 14.2. The Kier molecular flexibility index (Phi) is 5.62. The van der Waals surface area contributed by atoms with Crippen LogP contribution in [0.4, 0.5) is 5.95 Å². The molecule has 2 aromatic carbocycles. The topological polar surface area (TPSA) is 77.0 Å². The number of aromatic nitrogens is 3. The smallest absolute Gasteiger partial charge is 0.248 e. The minimum absolute atomic E-state index is 0.408. The van der Waals surface area contributed by atoms with Gasteiger partial charge in [0, 0.05) is 24.4 Å². The van der Waals surface area contributed by atoms with Gasteiger partial charge in [-0.1, -0.05) is 42.1 Å². The van der Waals surface area contributed by atoms with Gasteiger partial charge in [0.15, 0.2) is 5.16 Å². The van der Waals surface area contributed by atoms with Gasteiger partial charge in [0.25, 0.3) is 0 Å². The summed E-state index contributed by atoms with van der Waals surface area (Å²) in [5.74, 6) is 1.25. The summed E-state index contributed by atoms with van der Waals surface area (Å²) in [5.41, 5.74) is 8.02. The first-order valence-electron chi connectivity index (χ1n) is 9.50. The van der Waals surface area contributed by atoms with Gasteiger partial charge >= 0.3 is 0 Å². The first kappa shape index (κ1) is 18.6. The number of amides is 1. The monoisotopic (exact) mass is 393 g/mol. The van der Waals surface area contributed by atoms with Crippen LogP contribution < -0.4 is 10.6 Å². The van der Waals surface area contributed by atoms with Crippen LogP contribution in [0.15, 0.2) is 59.8 Å². The van der Waals surface area contributed by atoms with E-state index in [1.807, 2.05) is 30.3 Å². The molecule has 0 unspecified atom stereocenters. The maximum Gasteiger partial charge on any atom is 0.248 e. The van der Waals surface area contributed by atoms with Crippen LogP contribution in [-0.2, 0) is 5.75 Å². The number of rotatable bonds is 6. The van der Waals surface area contributed by atoms with Crippen LogP contribution in [0.1, 0.15) is 35.2 Å². The van der Waals surface area contributed by atoms with E-state index in [4.69, 9.17) is 5.73 Å². The van der Waals surface area contributed by atoms with Gasteiger partial charge in [-0.3, -0.25) is 9.36 Å². The molecule has 2 heterocycles. The highest BCUT2D eigenvalue weighted by Gasteiger charge is 2.21.